The Morgan fingerprint density at radius 3 is 2.47 bits per heavy atom. The summed E-state index contributed by atoms with van der Waals surface area (Å²) in [6.07, 6.45) is 0.333. The molecule has 9 nitrogen and oxygen atoms in total. The zero-order chi connectivity index (χ0) is 25.8. The fourth-order valence-corrected chi connectivity index (χ4v) is 7.34. The number of halogens is 2. The highest BCUT2D eigenvalue weighted by molar-refractivity contribution is 7.89. The number of benzene rings is 2. The van der Waals surface area contributed by atoms with Gasteiger partial charge in [0.25, 0.3) is 5.91 Å². The molecule has 2 saturated heterocycles. The predicted octanol–water partition coefficient (Wildman–Crippen LogP) is 2.06. The minimum atomic E-state index is -3.83. The number of imide groups is 1. The largest absolute Gasteiger partial charge is 0.369 e. The topological polar surface area (TPSA) is 107 Å². The van der Waals surface area contributed by atoms with Crippen molar-refractivity contribution in [3.05, 3.63) is 57.9 Å². The van der Waals surface area contributed by atoms with Crippen molar-refractivity contribution in [2.45, 2.75) is 37.2 Å². The molecule has 190 valence electrons. The van der Waals surface area contributed by atoms with Gasteiger partial charge in [0.05, 0.1) is 5.02 Å². The van der Waals surface area contributed by atoms with E-state index in [2.05, 4.69) is 5.32 Å². The van der Waals surface area contributed by atoms with Gasteiger partial charge in [-0.3, -0.25) is 19.7 Å². The summed E-state index contributed by atoms with van der Waals surface area (Å²) in [5.41, 5.74) is 1.82. The zero-order valence-electron chi connectivity index (χ0n) is 19.5. The number of piperidine rings is 1. The first kappa shape index (κ1) is 24.7. The van der Waals surface area contributed by atoms with Gasteiger partial charge in [0.1, 0.15) is 16.8 Å². The normalized spacial score (nSPS) is 21.1. The van der Waals surface area contributed by atoms with Gasteiger partial charge in [0.2, 0.25) is 21.8 Å². The molecule has 3 aliphatic rings. The molecule has 1 unspecified atom stereocenters. The number of hydrogen-bond donors (Lipinski definition) is 1. The van der Waals surface area contributed by atoms with E-state index in [0.29, 0.717) is 16.8 Å². The third kappa shape index (κ3) is 4.14. The Labute approximate surface area is 212 Å². The highest BCUT2D eigenvalue weighted by Gasteiger charge is 2.41. The fourth-order valence-electron chi connectivity index (χ4n) is 5.13. The van der Waals surface area contributed by atoms with Crippen molar-refractivity contribution in [2.75, 3.05) is 31.1 Å². The minimum absolute atomic E-state index is 0.0808. The molecule has 1 N–H and O–H groups in total. The lowest BCUT2D eigenvalue weighted by atomic mass is 10.0. The lowest BCUT2D eigenvalue weighted by Crippen LogP contribution is -2.52. The van der Waals surface area contributed by atoms with Crippen LogP contribution in [0.3, 0.4) is 0 Å². The van der Waals surface area contributed by atoms with Crippen LogP contribution in [0.2, 0.25) is 5.02 Å². The van der Waals surface area contributed by atoms with Gasteiger partial charge in [-0.2, -0.15) is 4.31 Å². The molecule has 0 radical (unpaired) electrons. The number of hydrogen-bond acceptors (Lipinski definition) is 6. The van der Waals surface area contributed by atoms with Crippen molar-refractivity contribution in [3.8, 4) is 0 Å². The average molecular weight is 535 g/mol. The van der Waals surface area contributed by atoms with Gasteiger partial charge in [-0.1, -0.05) is 23.7 Å². The number of nitrogens with one attached hydrogen (secondary N) is 1. The fraction of sp³-hybridized carbons (Fsp3) is 0.375. The number of nitrogens with zero attached hydrogens (tertiary/aromatic N) is 3. The Morgan fingerprint density at radius 1 is 1.08 bits per heavy atom. The molecule has 0 aliphatic carbocycles. The molecule has 3 heterocycles. The van der Waals surface area contributed by atoms with Gasteiger partial charge in [-0.25, -0.2) is 12.8 Å². The number of carbonyl (C=O) groups is 3. The number of piperazine rings is 1. The zero-order valence-corrected chi connectivity index (χ0v) is 21.0. The smallest absolute Gasteiger partial charge is 0.255 e. The quantitative estimate of drug-likeness (QED) is 0.602. The Morgan fingerprint density at radius 2 is 1.81 bits per heavy atom. The maximum absolute atomic E-state index is 14.6. The summed E-state index contributed by atoms with van der Waals surface area (Å²) in [4.78, 5) is 40.3. The third-order valence-corrected chi connectivity index (χ3v) is 9.47. The Hall–Kier alpha value is -3.02. The summed E-state index contributed by atoms with van der Waals surface area (Å²) >= 11 is 6.21. The molecule has 5 rings (SSSR count). The van der Waals surface area contributed by atoms with E-state index >= 15 is 0 Å². The standard InChI is InChI=1S/C24H24ClFN4O5S/c1-14-3-2-4-18(25)22(14)36(34,35)29-9-7-28(8-10-29)20-12-15(26)11-16-17(20)13-30(24(16)33)19-5-6-21(31)27-23(19)32/h2-4,11-12,19H,5-10,13H2,1H3,(H,27,31,32). The summed E-state index contributed by atoms with van der Waals surface area (Å²) in [6, 6.07) is 6.61. The van der Waals surface area contributed by atoms with Gasteiger partial charge in [-0.15, -0.1) is 0 Å². The van der Waals surface area contributed by atoms with Crippen LogP contribution in [0.15, 0.2) is 35.2 Å². The van der Waals surface area contributed by atoms with Crippen LogP contribution in [0.25, 0.3) is 0 Å². The lowest BCUT2D eigenvalue weighted by Gasteiger charge is -2.36. The lowest BCUT2D eigenvalue weighted by molar-refractivity contribution is -0.136. The van der Waals surface area contributed by atoms with E-state index in [4.69, 9.17) is 11.6 Å². The SMILES string of the molecule is Cc1cccc(Cl)c1S(=O)(=O)N1CCN(c2cc(F)cc3c2CN(C2CCC(=O)NC2=O)C3=O)CC1. The summed E-state index contributed by atoms with van der Waals surface area (Å²) in [5.74, 6) is -1.98. The van der Waals surface area contributed by atoms with Crippen molar-refractivity contribution < 1.29 is 27.2 Å². The third-order valence-electron chi connectivity index (χ3n) is 6.94. The molecule has 0 aromatic heterocycles. The molecule has 12 heteroatoms. The summed E-state index contributed by atoms with van der Waals surface area (Å²) in [5, 5.41) is 2.41. The molecule has 2 aromatic carbocycles. The van der Waals surface area contributed by atoms with Crippen LogP contribution in [0, 0.1) is 12.7 Å². The van der Waals surface area contributed by atoms with E-state index in [0.717, 1.165) is 6.07 Å². The molecule has 36 heavy (non-hydrogen) atoms. The highest BCUT2D eigenvalue weighted by Crippen LogP contribution is 2.36. The minimum Gasteiger partial charge on any atom is -0.369 e. The number of aryl methyl sites for hydroxylation is 1. The Balaban J connectivity index is 1.37. The number of carbonyl (C=O) groups excluding carboxylic acids is 3. The molecule has 3 aliphatic heterocycles. The van der Waals surface area contributed by atoms with Crippen LogP contribution in [0.4, 0.5) is 10.1 Å². The molecular formula is C24H24ClFN4O5S. The maximum Gasteiger partial charge on any atom is 0.255 e. The van der Waals surface area contributed by atoms with Gasteiger partial charge in [0.15, 0.2) is 0 Å². The molecule has 0 saturated carbocycles. The highest BCUT2D eigenvalue weighted by atomic mass is 35.5. The Bertz CT molecular complexity index is 1370. The molecule has 1 atom stereocenters. The van der Waals surface area contributed by atoms with Crippen molar-refractivity contribution >= 4 is 45.0 Å². The number of amides is 3. The van der Waals surface area contributed by atoms with Crippen molar-refractivity contribution in [1.29, 1.82) is 0 Å². The van der Waals surface area contributed by atoms with Crippen molar-refractivity contribution in [3.63, 3.8) is 0 Å². The summed E-state index contributed by atoms with van der Waals surface area (Å²) < 4.78 is 42.5. The van der Waals surface area contributed by atoms with E-state index in [1.165, 1.54) is 15.3 Å². The van der Waals surface area contributed by atoms with E-state index in [1.54, 1.807) is 25.1 Å². The van der Waals surface area contributed by atoms with Gasteiger partial charge >= 0.3 is 0 Å². The monoisotopic (exact) mass is 534 g/mol. The van der Waals surface area contributed by atoms with Crippen LogP contribution in [-0.4, -0.2) is 67.6 Å². The van der Waals surface area contributed by atoms with Crippen LogP contribution in [0.5, 0.6) is 0 Å². The number of sulfonamides is 1. The second-order valence-electron chi connectivity index (χ2n) is 9.13. The second kappa shape index (κ2) is 9.13. The molecule has 2 aromatic rings. The first-order chi connectivity index (χ1) is 17.1. The van der Waals surface area contributed by atoms with Gasteiger partial charge in [-0.05, 0) is 37.1 Å². The average Bonchev–Trinajstić information content (AvgIpc) is 3.14. The first-order valence-electron chi connectivity index (χ1n) is 11.5. The second-order valence-corrected chi connectivity index (χ2v) is 11.4. The van der Waals surface area contributed by atoms with Crippen LogP contribution < -0.4 is 10.2 Å². The van der Waals surface area contributed by atoms with Crippen LogP contribution in [0.1, 0.15) is 34.3 Å². The van der Waals surface area contributed by atoms with Crippen LogP contribution >= 0.6 is 11.6 Å². The Kier molecular flexibility index (Phi) is 6.26. The number of fused-ring (bicyclic) bond motifs is 1. The molecule has 2 fully saturated rings. The van der Waals surface area contributed by atoms with Gasteiger partial charge in [0, 0.05) is 56.0 Å². The number of rotatable bonds is 4. The molecule has 3 amide bonds. The molecular weight excluding hydrogens is 511 g/mol. The first-order valence-corrected chi connectivity index (χ1v) is 13.4. The van der Waals surface area contributed by atoms with Crippen LogP contribution in [-0.2, 0) is 26.2 Å². The van der Waals surface area contributed by atoms with E-state index in [9.17, 15) is 27.2 Å². The molecule has 0 spiro atoms. The number of anilines is 1. The van der Waals surface area contributed by atoms with Gasteiger partial charge < -0.3 is 9.80 Å². The predicted molar refractivity (Wildman–Crippen MR) is 130 cm³/mol. The van der Waals surface area contributed by atoms with E-state index in [1.807, 2.05) is 4.90 Å². The summed E-state index contributed by atoms with van der Waals surface area (Å²) in [6.45, 7) is 2.67. The van der Waals surface area contributed by atoms with E-state index < -0.39 is 33.7 Å². The van der Waals surface area contributed by atoms with Crippen molar-refractivity contribution in [1.82, 2.24) is 14.5 Å². The van der Waals surface area contributed by atoms with E-state index in [-0.39, 0.29) is 67.0 Å². The van der Waals surface area contributed by atoms with Crippen molar-refractivity contribution in [2.24, 2.45) is 0 Å². The summed E-state index contributed by atoms with van der Waals surface area (Å²) in [7, 11) is -3.83. The maximum atomic E-state index is 14.6. The molecule has 0 bridgehead atoms.